The fourth-order valence-electron chi connectivity index (χ4n) is 2.62. The Kier molecular flexibility index (Phi) is 4.10. The van der Waals surface area contributed by atoms with Crippen LogP contribution in [-0.2, 0) is 0 Å². The highest BCUT2D eigenvalue weighted by molar-refractivity contribution is 5.89. The van der Waals surface area contributed by atoms with Crippen LogP contribution in [0.2, 0.25) is 0 Å². The first-order chi connectivity index (χ1) is 8.97. The molecule has 1 aromatic rings. The zero-order chi connectivity index (χ0) is 14.0. The zero-order valence-corrected chi connectivity index (χ0v) is 11.8. The minimum Gasteiger partial charge on any atom is -0.389 e. The van der Waals surface area contributed by atoms with Crippen LogP contribution in [-0.4, -0.2) is 28.6 Å². The normalized spacial score (nSPS) is 24.3. The number of amides is 2. The molecule has 0 radical (unpaired) electrons. The molecule has 1 aromatic carbocycles. The number of hydrogen-bond acceptors (Lipinski definition) is 2. The van der Waals surface area contributed by atoms with E-state index in [0.717, 1.165) is 24.2 Å². The van der Waals surface area contributed by atoms with Gasteiger partial charge in [0.05, 0.1) is 6.10 Å². The number of urea groups is 1. The molecule has 3 atom stereocenters. The Morgan fingerprint density at radius 2 is 2.00 bits per heavy atom. The highest BCUT2D eigenvalue weighted by Crippen LogP contribution is 2.23. The number of carbonyl (C=O) groups excluding carboxylic acids is 1. The van der Waals surface area contributed by atoms with Gasteiger partial charge < -0.3 is 15.3 Å². The number of likely N-dealkylation sites (tertiary alicyclic amines) is 1. The molecule has 4 heteroatoms. The molecular weight excluding hydrogens is 240 g/mol. The minimum absolute atomic E-state index is 0.0401. The van der Waals surface area contributed by atoms with Crippen molar-refractivity contribution in [2.24, 2.45) is 5.92 Å². The van der Waals surface area contributed by atoms with Crippen LogP contribution in [0, 0.1) is 5.92 Å². The number of nitrogens with one attached hydrogen (secondary N) is 1. The molecule has 104 valence electrons. The standard InChI is InChI=1S/C15H22N2O2/c1-10-8-11(2)17(9-10)15(19)16-14-6-4-13(5-7-14)12(3)18/h4-7,10-12,18H,8-9H2,1-3H3,(H,16,19). The summed E-state index contributed by atoms with van der Waals surface area (Å²) in [6, 6.07) is 7.56. The molecule has 1 saturated heterocycles. The van der Waals surface area contributed by atoms with E-state index in [1.807, 2.05) is 29.2 Å². The van der Waals surface area contributed by atoms with E-state index in [-0.39, 0.29) is 6.03 Å². The fraction of sp³-hybridized carbons (Fsp3) is 0.533. The topological polar surface area (TPSA) is 52.6 Å². The monoisotopic (exact) mass is 262 g/mol. The molecule has 3 unspecified atom stereocenters. The Balaban J connectivity index is 1.99. The van der Waals surface area contributed by atoms with Crippen LogP contribution >= 0.6 is 0 Å². The summed E-state index contributed by atoms with van der Waals surface area (Å²) in [5, 5.41) is 12.3. The van der Waals surface area contributed by atoms with Gasteiger partial charge >= 0.3 is 6.03 Å². The van der Waals surface area contributed by atoms with Gasteiger partial charge in [-0.05, 0) is 43.9 Å². The van der Waals surface area contributed by atoms with Crippen molar-refractivity contribution in [3.8, 4) is 0 Å². The number of carbonyl (C=O) groups is 1. The molecule has 4 nitrogen and oxygen atoms in total. The van der Waals surface area contributed by atoms with Crippen molar-refractivity contribution in [2.45, 2.75) is 39.3 Å². The van der Waals surface area contributed by atoms with Crippen LogP contribution in [0.5, 0.6) is 0 Å². The van der Waals surface area contributed by atoms with E-state index in [9.17, 15) is 9.90 Å². The first-order valence-corrected chi connectivity index (χ1v) is 6.83. The Bertz CT molecular complexity index is 442. The smallest absolute Gasteiger partial charge is 0.322 e. The minimum atomic E-state index is -0.482. The number of benzene rings is 1. The van der Waals surface area contributed by atoms with Crippen molar-refractivity contribution >= 4 is 11.7 Å². The summed E-state index contributed by atoms with van der Waals surface area (Å²) in [4.78, 5) is 14.0. The summed E-state index contributed by atoms with van der Waals surface area (Å²) in [6.45, 7) is 6.79. The van der Waals surface area contributed by atoms with E-state index >= 15 is 0 Å². The van der Waals surface area contributed by atoms with Gasteiger partial charge in [-0.3, -0.25) is 0 Å². The highest BCUT2D eigenvalue weighted by Gasteiger charge is 2.29. The van der Waals surface area contributed by atoms with Gasteiger partial charge in [0.25, 0.3) is 0 Å². The van der Waals surface area contributed by atoms with Crippen molar-refractivity contribution < 1.29 is 9.90 Å². The maximum Gasteiger partial charge on any atom is 0.322 e. The van der Waals surface area contributed by atoms with Gasteiger partial charge in [0.15, 0.2) is 0 Å². The second kappa shape index (κ2) is 5.61. The van der Waals surface area contributed by atoms with Crippen LogP contribution in [0.25, 0.3) is 0 Å². The van der Waals surface area contributed by atoms with Crippen molar-refractivity contribution in [1.82, 2.24) is 4.90 Å². The summed E-state index contributed by atoms with van der Waals surface area (Å²) in [7, 11) is 0. The van der Waals surface area contributed by atoms with Gasteiger partial charge in [-0.15, -0.1) is 0 Å². The van der Waals surface area contributed by atoms with Crippen LogP contribution < -0.4 is 5.32 Å². The SMILES string of the molecule is CC1CC(C)N(C(=O)Nc2ccc(C(C)O)cc2)C1. The Labute approximate surface area is 114 Å². The lowest BCUT2D eigenvalue weighted by molar-refractivity contribution is 0.199. The second-order valence-electron chi connectivity index (χ2n) is 5.57. The summed E-state index contributed by atoms with van der Waals surface area (Å²) >= 11 is 0. The lowest BCUT2D eigenvalue weighted by Gasteiger charge is -2.22. The molecule has 1 aliphatic heterocycles. The molecule has 0 aromatic heterocycles. The lowest BCUT2D eigenvalue weighted by atomic mass is 10.1. The number of hydrogen-bond donors (Lipinski definition) is 2. The molecular formula is C15H22N2O2. The van der Waals surface area contributed by atoms with E-state index in [1.54, 1.807) is 6.92 Å². The predicted octanol–water partition coefficient (Wildman–Crippen LogP) is 3.00. The Hall–Kier alpha value is -1.55. The van der Waals surface area contributed by atoms with Gasteiger partial charge in [-0.25, -0.2) is 4.79 Å². The van der Waals surface area contributed by atoms with Gasteiger partial charge in [0.2, 0.25) is 0 Å². The predicted molar refractivity (Wildman–Crippen MR) is 76.0 cm³/mol. The van der Waals surface area contributed by atoms with E-state index < -0.39 is 6.10 Å². The summed E-state index contributed by atoms with van der Waals surface area (Å²) in [6.07, 6.45) is 0.582. The molecule has 0 spiro atoms. The third kappa shape index (κ3) is 3.26. The fourth-order valence-corrected chi connectivity index (χ4v) is 2.62. The van der Waals surface area contributed by atoms with E-state index in [2.05, 4.69) is 19.2 Å². The van der Waals surface area contributed by atoms with Crippen molar-refractivity contribution in [3.05, 3.63) is 29.8 Å². The quantitative estimate of drug-likeness (QED) is 0.860. The summed E-state index contributed by atoms with van der Waals surface area (Å²) in [5.41, 5.74) is 1.61. The first-order valence-electron chi connectivity index (χ1n) is 6.83. The van der Waals surface area contributed by atoms with Crippen LogP contribution in [0.1, 0.15) is 38.9 Å². The molecule has 2 rings (SSSR count). The number of aliphatic hydroxyl groups is 1. The first kappa shape index (κ1) is 13.9. The molecule has 1 fully saturated rings. The maximum absolute atomic E-state index is 12.2. The highest BCUT2D eigenvalue weighted by atomic mass is 16.3. The lowest BCUT2D eigenvalue weighted by Crippen LogP contribution is -2.37. The molecule has 1 heterocycles. The van der Waals surface area contributed by atoms with Gasteiger partial charge in [0.1, 0.15) is 0 Å². The maximum atomic E-state index is 12.2. The van der Waals surface area contributed by atoms with Gasteiger partial charge in [-0.1, -0.05) is 19.1 Å². The second-order valence-corrected chi connectivity index (χ2v) is 5.57. The third-order valence-electron chi connectivity index (χ3n) is 3.69. The van der Waals surface area contributed by atoms with Crippen molar-refractivity contribution in [2.75, 3.05) is 11.9 Å². The van der Waals surface area contributed by atoms with Gasteiger partial charge in [-0.2, -0.15) is 0 Å². The summed E-state index contributed by atoms with van der Waals surface area (Å²) < 4.78 is 0. The molecule has 19 heavy (non-hydrogen) atoms. The van der Waals surface area contributed by atoms with Crippen LogP contribution in [0.15, 0.2) is 24.3 Å². The largest absolute Gasteiger partial charge is 0.389 e. The number of rotatable bonds is 2. The number of anilines is 1. The third-order valence-corrected chi connectivity index (χ3v) is 3.69. The number of nitrogens with zero attached hydrogens (tertiary/aromatic N) is 1. The molecule has 0 aliphatic carbocycles. The molecule has 1 aliphatic rings. The molecule has 2 amide bonds. The Morgan fingerprint density at radius 1 is 1.37 bits per heavy atom. The van der Waals surface area contributed by atoms with Crippen molar-refractivity contribution in [3.63, 3.8) is 0 Å². The average molecular weight is 262 g/mol. The summed E-state index contributed by atoms with van der Waals surface area (Å²) in [5.74, 6) is 0.568. The van der Waals surface area contributed by atoms with E-state index in [0.29, 0.717) is 12.0 Å². The van der Waals surface area contributed by atoms with Crippen LogP contribution in [0.4, 0.5) is 10.5 Å². The molecule has 0 saturated carbocycles. The van der Waals surface area contributed by atoms with Gasteiger partial charge in [0, 0.05) is 18.3 Å². The van der Waals surface area contributed by atoms with Crippen molar-refractivity contribution in [1.29, 1.82) is 0 Å². The molecule has 2 N–H and O–H groups in total. The average Bonchev–Trinajstić information content (AvgIpc) is 2.69. The Morgan fingerprint density at radius 3 is 2.47 bits per heavy atom. The zero-order valence-electron chi connectivity index (χ0n) is 11.8. The van der Waals surface area contributed by atoms with Crippen LogP contribution in [0.3, 0.4) is 0 Å². The molecule has 0 bridgehead atoms. The van der Waals surface area contributed by atoms with E-state index in [1.165, 1.54) is 0 Å². The number of aliphatic hydroxyl groups excluding tert-OH is 1. The van der Waals surface area contributed by atoms with E-state index in [4.69, 9.17) is 0 Å².